The van der Waals surface area contributed by atoms with Crippen molar-refractivity contribution < 1.29 is 14.6 Å². The van der Waals surface area contributed by atoms with E-state index in [9.17, 15) is 4.79 Å². The van der Waals surface area contributed by atoms with Crippen LogP contribution in [-0.2, 0) is 9.53 Å². The van der Waals surface area contributed by atoms with Crippen LogP contribution >= 0.6 is 0 Å². The Morgan fingerprint density at radius 2 is 1.94 bits per heavy atom. The number of carboxylic acid groups (broad SMARTS) is 1. The van der Waals surface area contributed by atoms with E-state index in [1.807, 2.05) is 0 Å². The molecule has 16 heavy (non-hydrogen) atoms. The molecule has 0 radical (unpaired) electrons. The number of carboxylic acids is 1. The molecule has 0 aromatic rings. The van der Waals surface area contributed by atoms with E-state index in [-0.39, 0.29) is 0 Å². The van der Waals surface area contributed by atoms with Crippen LogP contribution in [0, 0.1) is 5.92 Å². The van der Waals surface area contributed by atoms with Gasteiger partial charge in [0.2, 0.25) is 0 Å². The van der Waals surface area contributed by atoms with Gasteiger partial charge in [0.25, 0.3) is 0 Å². The molecule has 0 unspecified atom stereocenters. The summed E-state index contributed by atoms with van der Waals surface area (Å²) in [6.07, 6.45) is 6.31. The van der Waals surface area contributed by atoms with Crippen molar-refractivity contribution in [2.45, 2.75) is 50.7 Å². The SMILES string of the molecule is O=C(O)CC1CCC(O[C@@H]2CCNC2)CC1. The number of carbonyl (C=O) groups is 1. The van der Waals surface area contributed by atoms with Crippen molar-refractivity contribution >= 4 is 5.97 Å². The second-order valence-electron chi connectivity index (χ2n) is 4.99. The van der Waals surface area contributed by atoms with Gasteiger partial charge in [0.15, 0.2) is 0 Å². The molecule has 4 heteroatoms. The number of hydrogen-bond donors (Lipinski definition) is 2. The molecule has 0 bridgehead atoms. The van der Waals surface area contributed by atoms with Crippen LogP contribution in [0.5, 0.6) is 0 Å². The monoisotopic (exact) mass is 227 g/mol. The number of hydrogen-bond acceptors (Lipinski definition) is 3. The Hall–Kier alpha value is -0.610. The molecule has 0 amide bonds. The molecule has 2 aliphatic rings. The summed E-state index contributed by atoms with van der Waals surface area (Å²) < 4.78 is 6.00. The van der Waals surface area contributed by atoms with Crippen molar-refractivity contribution in [3.8, 4) is 0 Å². The molecule has 1 heterocycles. The van der Waals surface area contributed by atoms with Gasteiger partial charge in [-0.15, -0.1) is 0 Å². The highest BCUT2D eigenvalue weighted by Gasteiger charge is 2.26. The number of rotatable bonds is 4. The summed E-state index contributed by atoms with van der Waals surface area (Å²) >= 11 is 0. The van der Waals surface area contributed by atoms with Crippen LogP contribution in [0.3, 0.4) is 0 Å². The van der Waals surface area contributed by atoms with Crippen LogP contribution in [0.25, 0.3) is 0 Å². The molecule has 1 saturated heterocycles. The molecule has 0 aromatic carbocycles. The van der Waals surface area contributed by atoms with Crippen LogP contribution < -0.4 is 5.32 Å². The number of aliphatic carboxylic acids is 1. The zero-order chi connectivity index (χ0) is 11.4. The zero-order valence-electron chi connectivity index (χ0n) is 9.65. The molecule has 1 saturated carbocycles. The van der Waals surface area contributed by atoms with Crippen molar-refractivity contribution in [2.75, 3.05) is 13.1 Å². The smallest absolute Gasteiger partial charge is 0.303 e. The molecular weight excluding hydrogens is 206 g/mol. The predicted molar refractivity (Wildman–Crippen MR) is 60.4 cm³/mol. The fraction of sp³-hybridized carbons (Fsp3) is 0.917. The van der Waals surface area contributed by atoms with Gasteiger partial charge in [0.1, 0.15) is 0 Å². The van der Waals surface area contributed by atoms with Gasteiger partial charge in [-0.3, -0.25) is 4.79 Å². The highest BCUT2D eigenvalue weighted by Crippen LogP contribution is 2.29. The summed E-state index contributed by atoms with van der Waals surface area (Å²) in [6, 6.07) is 0. The van der Waals surface area contributed by atoms with E-state index in [1.165, 1.54) is 0 Å². The van der Waals surface area contributed by atoms with Crippen molar-refractivity contribution in [1.29, 1.82) is 0 Å². The van der Waals surface area contributed by atoms with E-state index in [1.54, 1.807) is 0 Å². The highest BCUT2D eigenvalue weighted by atomic mass is 16.5. The molecule has 0 aromatic heterocycles. The predicted octanol–water partition coefficient (Wildman–Crippen LogP) is 1.40. The van der Waals surface area contributed by atoms with Crippen LogP contribution in [-0.4, -0.2) is 36.4 Å². The van der Waals surface area contributed by atoms with E-state index in [0.717, 1.165) is 45.2 Å². The van der Waals surface area contributed by atoms with E-state index in [0.29, 0.717) is 24.5 Å². The molecule has 4 nitrogen and oxygen atoms in total. The Labute approximate surface area is 96.4 Å². The van der Waals surface area contributed by atoms with E-state index in [2.05, 4.69) is 5.32 Å². The second kappa shape index (κ2) is 5.64. The molecule has 92 valence electrons. The van der Waals surface area contributed by atoms with Gasteiger partial charge in [-0.2, -0.15) is 0 Å². The molecule has 0 spiro atoms. The van der Waals surface area contributed by atoms with Crippen molar-refractivity contribution in [2.24, 2.45) is 5.92 Å². The third-order valence-corrected chi connectivity index (χ3v) is 3.66. The van der Waals surface area contributed by atoms with Gasteiger partial charge in [-0.25, -0.2) is 0 Å². The zero-order valence-corrected chi connectivity index (χ0v) is 9.65. The van der Waals surface area contributed by atoms with Crippen molar-refractivity contribution in [1.82, 2.24) is 5.32 Å². The first-order valence-electron chi connectivity index (χ1n) is 6.32. The van der Waals surface area contributed by atoms with Crippen molar-refractivity contribution in [3.05, 3.63) is 0 Å². The van der Waals surface area contributed by atoms with Gasteiger partial charge >= 0.3 is 5.97 Å². The maximum absolute atomic E-state index is 10.6. The summed E-state index contributed by atoms with van der Waals surface area (Å²) in [4.78, 5) is 10.6. The third-order valence-electron chi connectivity index (χ3n) is 3.66. The Morgan fingerprint density at radius 3 is 2.50 bits per heavy atom. The van der Waals surface area contributed by atoms with E-state index >= 15 is 0 Å². The summed E-state index contributed by atoms with van der Waals surface area (Å²) in [5.74, 6) is -0.289. The lowest BCUT2D eigenvalue weighted by atomic mass is 9.85. The molecule has 2 fully saturated rings. The molecule has 2 rings (SSSR count). The topological polar surface area (TPSA) is 58.6 Å². The Bertz CT molecular complexity index is 230. The average molecular weight is 227 g/mol. The average Bonchev–Trinajstić information content (AvgIpc) is 2.73. The third kappa shape index (κ3) is 3.46. The fourth-order valence-electron chi connectivity index (χ4n) is 2.74. The van der Waals surface area contributed by atoms with E-state index in [4.69, 9.17) is 9.84 Å². The first-order valence-corrected chi connectivity index (χ1v) is 6.32. The number of ether oxygens (including phenoxy) is 1. The summed E-state index contributed by atoms with van der Waals surface area (Å²) in [6.45, 7) is 2.05. The molecular formula is C12H21NO3. The quantitative estimate of drug-likeness (QED) is 0.762. The Balaban J connectivity index is 1.66. The molecule has 2 N–H and O–H groups in total. The minimum absolute atomic E-state index is 0.331. The van der Waals surface area contributed by atoms with Crippen LogP contribution in [0.15, 0.2) is 0 Å². The highest BCUT2D eigenvalue weighted by molar-refractivity contribution is 5.67. The summed E-state index contributed by atoms with van der Waals surface area (Å²) in [5.41, 5.74) is 0. The van der Waals surface area contributed by atoms with Gasteiger partial charge in [0, 0.05) is 13.0 Å². The maximum Gasteiger partial charge on any atom is 0.303 e. The fourth-order valence-corrected chi connectivity index (χ4v) is 2.74. The Morgan fingerprint density at radius 1 is 1.19 bits per heavy atom. The normalized spacial score (nSPS) is 35.1. The van der Waals surface area contributed by atoms with Gasteiger partial charge < -0.3 is 15.2 Å². The Kier molecular flexibility index (Phi) is 4.18. The molecule has 1 aliphatic heterocycles. The van der Waals surface area contributed by atoms with Crippen LogP contribution in [0.4, 0.5) is 0 Å². The van der Waals surface area contributed by atoms with Crippen molar-refractivity contribution in [3.63, 3.8) is 0 Å². The lowest BCUT2D eigenvalue weighted by molar-refractivity contribution is -0.138. The molecule has 1 atom stereocenters. The lowest BCUT2D eigenvalue weighted by Crippen LogP contribution is -2.28. The first kappa shape index (κ1) is 11.9. The van der Waals surface area contributed by atoms with Crippen LogP contribution in [0.1, 0.15) is 38.5 Å². The molecule has 1 aliphatic carbocycles. The maximum atomic E-state index is 10.6. The largest absolute Gasteiger partial charge is 0.481 e. The summed E-state index contributed by atoms with van der Waals surface area (Å²) in [5, 5.41) is 12.0. The van der Waals surface area contributed by atoms with Gasteiger partial charge in [0.05, 0.1) is 12.2 Å². The second-order valence-corrected chi connectivity index (χ2v) is 4.99. The first-order chi connectivity index (χ1) is 7.74. The minimum Gasteiger partial charge on any atom is -0.481 e. The van der Waals surface area contributed by atoms with E-state index < -0.39 is 5.97 Å². The van der Waals surface area contributed by atoms with Gasteiger partial charge in [-0.05, 0) is 44.6 Å². The standard InChI is InChI=1S/C12H21NO3/c14-12(15)7-9-1-3-10(4-2-9)16-11-5-6-13-8-11/h9-11,13H,1-8H2,(H,14,15)/t9?,10?,11-/m1/s1. The summed E-state index contributed by atoms with van der Waals surface area (Å²) in [7, 11) is 0. The van der Waals surface area contributed by atoms with Gasteiger partial charge in [-0.1, -0.05) is 0 Å². The minimum atomic E-state index is -0.663. The number of nitrogens with one attached hydrogen (secondary N) is 1. The lowest BCUT2D eigenvalue weighted by Gasteiger charge is -2.29. The van der Waals surface area contributed by atoms with Crippen LogP contribution in [0.2, 0.25) is 0 Å².